The fourth-order valence-corrected chi connectivity index (χ4v) is 3.83. The van der Waals surface area contributed by atoms with Crippen LogP contribution in [0.1, 0.15) is 16.2 Å². The second-order valence-electron chi connectivity index (χ2n) is 5.89. The lowest BCUT2D eigenvalue weighted by Gasteiger charge is -2.06. The molecule has 10 heteroatoms. The predicted molar refractivity (Wildman–Crippen MR) is 95.3 cm³/mol. The van der Waals surface area contributed by atoms with Crippen molar-refractivity contribution in [1.29, 1.82) is 0 Å². The maximum Gasteiger partial charge on any atom is 0.338 e. The molecule has 9 nitrogen and oxygen atoms in total. The molecule has 3 aromatic heterocycles. The Hall–Kier alpha value is -3.40. The van der Waals surface area contributed by atoms with Gasteiger partial charge in [0.05, 0.1) is 11.1 Å². The van der Waals surface area contributed by atoms with E-state index in [4.69, 9.17) is 14.2 Å². The second-order valence-corrected chi connectivity index (χ2v) is 6.81. The summed E-state index contributed by atoms with van der Waals surface area (Å²) in [5.74, 6) is 1.40. The van der Waals surface area contributed by atoms with E-state index in [1.54, 1.807) is 29.6 Å². The van der Waals surface area contributed by atoms with Crippen LogP contribution in [0.4, 0.5) is 0 Å². The standard InChI is InChI=1S/C17H12N4O5S/c1-20-15(22)14-10(4-5-27-14)21-13(18-19-17(20)21)7-24-16(23)9-2-3-11-12(6-9)26-8-25-11/h2-6H,7-8H2,1H3. The number of thiophene rings is 1. The Balaban J connectivity index is 1.47. The molecule has 0 fully saturated rings. The average molecular weight is 384 g/mol. The van der Waals surface area contributed by atoms with Crippen molar-refractivity contribution >= 4 is 33.3 Å². The number of carbonyl (C=O) groups is 1. The molecule has 27 heavy (non-hydrogen) atoms. The molecule has 0 saturated carbocycles. The zero-order chi connectivity index (χ0) is 18.5. The zero-order valence-electron chi connectivity index (χ0n) is 14.0. The van der Waals surface area contributed by atoms with Crippen LogP contribution in [0, 0.1) is 0 Å². The Morgan fingerprint density at radius 2 is 2.11 bits per heavy atom. The van der Waals surface area contributed by atoms with Gasteiger partial charge in [0, 0.05) is 7.05 Å². The van der Waals surface area contributed by atoms with Gasteiger partial charge in [0.15, 0.2) is 23.9 Å². The summed E-state index contributed by atoms with van der Waals surface area (Å²) in [6.45, 7) is 0.0481. The second kappa shape index (κ2) is 5.81. The van der Waals surface area contributed by atoms with Gasteiger partial charge in [-0.05, 0) is 29.6 Å². The maximum absolute atomic E-state index is 12.4. The molecule has 0 bridgehead atoms. The minimum Gasteiger partial charge on any atom is -0.454 e. The first kappa shape index (κ1) is 15.8. The number of fused-ring (bicyclic) bond motifs is 4. The zero-order valence-corrected chi connectivity index (χ0v) is 14.9. The lowest BCUT2D eigenvalue weighted by molar-refractivity contribution is 0.0461. The summed E-state index contributed by atoms with van der Waals surface area (Å²) in [5.41, 5.74) is 0.905. The molecule has 0 saturated heterocycles. The van der Waals surface area contributed by atoms with Crippen LogP contribution in [-0.2, 0) is 18.4 Å². The van der Waals surface area contributed by atoms with Crippen molar-refractivity contribution in [3.63, 3.8) is 0 Å². The summed E-state index contributed by atoms with van der Waals surface area (Å²) >= 11 is 1.34. The Labute approximate surface area is 155 Å². The minimum atomic E-state index is -0.517. The molecule has 4 heterocycles. The van der Waals surface area contributed by atoms with Crippen molar-refractivity contribution in [3.05, 3.63) is 51.4 Å². The van der Waals surface area contributed by atoms with E-state index in [-0.39, 0.29) is 19.0 Å². The molecule has 0 N–H and O–H groups in total. The highest BCUT2D eigenvalue weighted by Gasteiger charge is 2.19. The van der Waals surface area contributed by atoms with Gasteiger partial charge in [-0.3, -0.25) is 13.8 Å². The van der Waals surface area contributed by atoms with Crippen LogP contribution < -0.4 is 15.0 Å². The van der Waals surface area contributed by atoms with Gasteiger partial charge in [0.1, 0.15) is 4.70 Å². The number of hydrogen-bond acceptors (Lipinski definition) is 8. The maximum atomic E-state index is 12.4. The molecule has 1 aliphatic heterocycles. The summed E-state index contributed by atoms with van der Waals surface area (Å²) in [7, 11) is 1.63. The van der Waals surface area contributed by atoms with E-state index in [9.17, 15) is 9.59 Å². The third-order valence-corrected chi connectivity index (χ3v) is 5.23. The molecular formula is C17H12N4O5S. The van der Waals surface area contributed by atoms with E-state index in [0.29, 0.717) is 38.9 Å². The normalized spacial score (nSPS) is 12.8. The van der Waals surface area contributed by atoms with Crippen LogP contribution in [0.5, 0.6) is 11.5 Å². The highest BCUT2D eigenvalue weighted by Crippen LogP contribution is 2.32. The smallest absolute Gasteiger partial charge is 0.338 e. The molecule has 0 aliphatic carbocycles. The first-order valence-corrected chi connectivity index (χ1v) is 8.88. The summed E-state index contributed by atoms with van der Waals surface area (Å²) in [6.07, 6.45) is 0. The largest absolute Gasteiger partial charge is 0.454 e. The quantitative estimate of drug-likeness (QED) is 0.496. The molecule has 0 radical (unpaired) electrons. The van der Waals surface area contributed by atoms with Gasteiger partial charge >= 0.3 is 5.97 Å². The van der Waals surface area contributed by atoms with Crippen LogP contribution in [0.25, 0.3) is 16.0 Å². The lowest BCUT2D eigenvalue weighted by atomic mass is 10.2. The number of hydrogen-bond donors (Lipinski definition) is 0. The molecule has 0 unspecified atom stereocenters. The molecule has 5 rings (SSSR count). The van der Waals surface area contributed by atoms with Crippen molar-refractivity contribution < 1.29 is 19.0 Å². The van der Waals surface area contributed by atoms with Gasteiger partial charge < -0.3 is 14.2 Å². The Morgan fingerprint density at radius 3 is 3.00 bits per heavy atom. The number of benzene rings is 1. The predicted octanol–water partition coefficient (Wildman–Crippen LogP) is 1.73. The third-order valence-electron chi connectivity index (χ3n) is 4.34. The van der Waals surface area contributed by atoms with Gasteiger partial charge in [-0.1, -0.05) is 0 Å². The number of carbonyl (C=O) groups excluding carboxylic acids is 1. The average Bonchev–Trinajstić information content (AvgIpc) is 3.41. The Bertz CT molecular complexity index is 1270. The number of rotatable bonds is 3. The van der Waals surface area contributed by atoms with Crippen LogP contribution in [0.15, 0.2) is 34.4 Å². The monoisotopic (exact) mass is 384 g/mol. The van der Waals surface area contributed by atoms with Crippen LogP contribution in [0.3, 0.4) is 0 Å². The first-order valence-electron chi connectivity index (χ1n) is 8.00. The fourth-order valence-electron chi connectivity index (χ4n) is 2.98. The summed E-state index contributed by atoms with van der Waals surface area (Å²) in [6, 6.07) is 6.67. The van der Waals surface area contributed by atoms with Crippen LogP contribution in [0.2, 0.25) is 0 Å². The van der Waals surface area contributed by atoms with Gasteiger partial charge in [-0.2, -0.15) is 0 Å². The number of aryl methyl sites for hydroxylation is 1. The summed E-state index contributed by atoms with van der Waals surface area (Å²) < 4.78 is 19.6. The van der Waals surface area contributed by atoms with Crippen LogP contribution >= 0.6 is 11.3 Å². The molecule has 0 spiro atoms. The van der Waals surface area contributed by atoms with Crippen molar-refractivity contribution in [2.75, 3.05) is 6.79 Å². The topological polar surface area (TPSA) is 97.0 Å². The number of ether oxygens (including phenoxy) is 3. The van der Waals surface area contributed by atoms with Gasteiger partial charge in [-0.25, -0.2) is 4.79 Å². The molecule has 1 aromatic carbocycles. The van der Waals surface area contributed by atoms with E-state index in [1.165, 1.54) is 15.9 Å². The lowest BCUT2D eigenvalue weighted by Crippen LogP contribution is -2.19. The first-order chi connectivity index (χ1) is 13.1. The number of nitrogens with zero attached hydrogens (tertiary/aromatic N) is 4. The van der Waals surface area contributed by atoms with Crippen molar-refractivity contribution in [2.24, 2.45) is 7.05 Å². The van der Waals surface area contributed by atoms with E-state index in [0.717, 1.165) is 0 Å². The van der Waals surface area contributed by atoms with Gasteiger partial charge in [0.25, 0.3) is 5.56 Å². The highest BCUT2D eigenvalue weighted by atomic mass is 32.1. The SMILES string of the molecule is Cn1c(=O)c2sccc2n2c(COC(=O)c3ccc4c(c3)OCO4)nnc12. The molecular weight excluding hydrogens is 372 g/mol. The third kappa shape index (κ3) is 2.37. The highest BCUT2D eigenvalue weighted by molar-refractivity contribution is 7.17. The number of aromatic nitrogens is 4. The Morgan fingerprint density at radius 1 is 1.26 bits per heavy atom. The van der Waals surface area contributed by atoms with E-state index < -0.39 is 5.97 Å². The fraction of sp³-hybridized carbons (Fsp3) is 0.176. The van der Waals surface area contributed by atoms with Crippen molar-refractivity contribution in [1.82, 2.24) is 19.2 Å². The van der Waals surface area contributed by atoms with Gasteiger partial charge in [-0.15, -0.1) is 21.5 Å². The molecule has 1 aliphatic rings. The minimum absolute atomic E-state index is 0.0857. The van der Waals surface area contributed by atoms with Crippen molar-refractivity contribution in [2.45, 2.75) is 6.61 Å². The van der Waals surface area contributed by atoms with Crippen molar-refractivity contribution in [3.8, 4) is 11.5 Å². The summed E-state index contributed by atoms with van der Waals surface area (Å²) in [4.78, 5) is 24.7. The summed E-state index contributed by atoms with van der Waals surface area (Å²) in [5, 5.41) is 9.97. The van der Waals surface area contributed by atoms with E-state index >= 15 is 0 Å². The van der Waals surface area contributed by atoms with E-state index in [2.05, 4.69) is 10.2 Å². The van der Waals surface area contributed by atoms with Gasteiger partial charge in [0.2, 0.25) is 12.6 Å². The van der Waals surface area contributed by atoms with E-state index in [1.807, 2.05) is 11.4 Å². The molecule has 136 valence electrons. The molecule has 0 amide bonds. The van der Waals surface area contributed by atoms with Crippen LogP contribution in [-0.4, -0.2) is 31.9 Å². The molecule has 0 atom stereocenters. The number of esters is 1. The molecule has 4 aromatic rings. The Kier molecular flexibility index (Phi) is 3.41.